The number of hydrogen-bond donors (Lipinski definition) is 2. The molecule has 0 saturated carbocycles. The number of anilines is 1. The highest BCUT2D eigenvalue weighted by Crippen LogP contribution is 2.09. The molecule has 0 aliphatic rings. The summed E-state index contributed by atoms with van der Waals surface area (Å²) in [5.41, 5.74) is 1.06. The largest absolute Gasteiger partial charge is 0.386 e. The van der Waals surface area contributed by atoms with Crippen molar-refractivity contribution in [3.8, 4) is 6.07 Å². The fourth-order valence-corrected chi connectivity index (χ4v) is 1.75. The summed E-state index contributed by atoms with van der Waals surface area (Å²) in [5, 5.41) is 14.3. The molecule has 0 bridgehead atoms. The topological polar surface area (TPSA) is 64.9 Å². The molecule has 0 aromatic heterocycles. The van der Waals surface area contributed by atoms with Crippen LogP contribution < -0.4 is 10.6 Å². The fourth-order valence-electron chi connectivity index (χ4n) is 1.75. The van der Waals surface area contributed by atoms with E-state index in [4.69, 9.17) is 5.26 Å². The Morgan fingerprint density at radius 2 is 1.61 bits per heavy atom. The summed E-state index contributed by atoms with van der Waals surface area (Å²) >= 11 is 0. The second kappa shape index (κ2) is 7.71. The lowest BCUT2D eigenvalue weighted by Crippen LogP contribution is -2.16. The van der Waals surface area contributed by atoms with Gasteiger partial charge in [-0.2, -0.15) is 5.26 Å². The molecule has 1 amide bonds. The highest BCUT2D eigenvalue weighted by atomic mass is 19.1. The molecule has 0 aliphatic carbocycles. The van der Waals surface area contributed by atoms with Crippen LogP contribution in [0, 0.1) is 23.0 Å². The lowest BCUT2D eigenvalue weighted by Gasteiger charge is -2.05. The number of nitrogens with one attached hydrogen (secondary N) is 2. The summed E-state index contributed by atoms with van der Waals surface area (Å²) in [6, 6.07) is 12.8. The zero-order valence-electron chi connectivity index (χ0n) is 12.0. The number of nitriles is 1. The van der Waals surface area contributed by atoms with Gasteiger partial charge in [-0.25, -0.2) is 8.78 Å². The molecule has 2 rings (SSSR count). The first-order chi connectivity index (χ1) is 11.1. The summed E-state index contributed by atoms with van der Waals surface area (Å²) in [6.45, 7) is 0.343. The molecular formula is C17H13F2N3O. The summed E-state index contributed by atoms with van der Waals surface area (Å²) in [5.74, 6) is -1.36. The zero-order valence-corrected chi connectivity index (χ0v) is 12.0. The highest BCUT2D eigenvalue weighted by molar-refractivity contribution is 6.06. The van der Waals surface area contributed by atoms with Crippen molar-refractivity contribution in [2.24, 2.45) is 0 Å². The number of hydrogen-bond acceptors (Lipinski definition) is 3. The number of benzene rings is 2. The van der Waals surface area contributed by atoms with E-state index < -0.39 is 11.7 Å². The Morgan fingerprint density at radius 1 is 1.04 bits per heavy atom. The number of carbonyl (C=O) groups excluding carboxylic acids is 1. The van der Waals surface area contributed by atoms with Crippen molar-refractivity contribution < 1.29 is 13.6 Å². The van der Waals surface area contributed by atoms with Gasteiger partial charge >= 0.3 is 0 Å². The third-order valence-electron chi connectivity index (χ3n) is 2.93. The van der Waals surface area contributed by atoms with Gasteiger partial charge in [-0.15, -0.1) is 0 Å². The molecule has 0 atom stereocenters. The predicted molar refractivity (Wildman–Crippen MR) is 82.0 cm³/mol. The van der Waals surface area contributed by atoms with Gasteiger partial charge in [0.1, 0.15) is 23.3 Å². The van der Waals surface area contributed by atoms with E-state index in [0.717, 1.165) is 5.56 Å². The number of halogens is 2. The molecule has 6 heteroatoms. The fraction of sp³-hybridized carbons (Fsp3) is 0.0588. The van der Waals surface area contributed by atoms with E-state index >= 15 is 0 Å². The van der Waals surface area contributed by atoms with Crippen molar-refractivity contribution >= 4 is 11.6 Å². The van der Waals surface area contributed by atoms with Gasteiger partial charge in [0.25, 0.3) is 5.91 Å². The Hall–Kier alpha value is -3.20. The molecule has 0 radical (unpaired) electrons. The zero-order chi connectivity index (χ0) is 16.7. The van der Waals surface area contributed by atoms with Crippen LogP contribution in [0.25, 0.3) is 0 Å². The monoisotopic (exact) mass is 313 g/mol. The molecule has 2 N–H and O–H groups in total. The quantitative estimate of drug-likeness (QED) is 0.658. The van der Waals surface area contributed by atoms with Crippen LogP contribution >= 0.6 is 0 Å². The van der Waals surface area contributed by atoms with Gasteiger partial charge in [0, 0.05) is 18.4 Å². The lowest BCUT2D eigenvalue weighted by atomic mass is 10.2. The Labute approximate surface area is 132 Å². The number of nitrogens with zero attached hydrogens (tertiary/aromatic N) is 1. The van der Waals surface area contributed by atoms with E-state index in [2.05, 4.69) is 10.6 Å². The van der Waals surface area contributed by atoms with Crippen LogP contribution in [-0.4, -0.2) is 5.91 Å². The number of amides is 1. The molecular weight excluding hydrogens is 300 g/mol. The Balaban J connectivity index is 1.95. The van der Waals surface area contributed by atoms with Crippen molar-refractivity contribution in [3.05, 3.63) is 77.5 Å². The summed E-state index contributed by atoms with van der Waals surface area (Å²) in [7, 11) is 0. The minimum Gasteiger partial charge on any atom is -0.386 e. The van der Waals surface area contributed by atoms with E-state index in [1.807, 2.05) is 0 Å². The first-order valence-corrected chi connectivity index (χ1v) is 6.73. The molecule has 0 unspecified atom stereocenters. The maximum absolute atomic E-state index is 12.8. The maximum Gasteiger partial charge on any atom is 0.267 e. The van der Waals surface area contributed by atoms with E-state index in [-0.39, 0.29) is 11.4 Å². The van der Waals surface area contributed by atoms with E-state index in [9.17, 15) is 13.6 Å². The van der Waals surface area contributed by atoms with Crippen molar-refractivity contribution in [1.29, 1.82) is 5.26 Å². The average molecular weight is 313 g/mol. The third kappa shape index (κ3) is 4.93. The maximum atomic E-state index is 12.8. The normalized spacial score (nSPS) is 10.7. The first kappa shape index (κ1) is 16.2. The molecule has 0 saturated heterocycles. The van der Waals surface area contributed by atoms with Gasteiger partial charge in [-0.3, -0.25) is 4.79 Å². The van der Waals surface area contributed by atoms with Crippen molar-refractivity contribution in [2.75, 3.05) is 5.32 Å². The van der Waals surface area contributed by atoms with Crippen LogP contribution in [0.2, 0.25) is 0 Å². The Morgan fingerprint density at radius 3 is 2.17 bits per heavy atom. The summed E-state index contributed by atoms with van der Waals surface area (Å²) in [6.07, 6.45) is 1.28. The molecule has 0 aliphatic heterocycles. The number of rotatable bonds is 5. The predicted octanol–water partition coefficient (Wildman–Crippen LogP) is 3.10. The molecule has 0 fully saturated rings. The standard InChI is InChI=1S/C17H13F2N3O/c18-14-3-1-12(2-4-14)10-21-11-13(9-20)17(23)22-16-7-5-15(19)6-8-16/h1-8,11,21H,10H2,(H,22,23)/b13-11-. The highest BCUT2D eigenvalue weighted by Gasteiger charge is 2.09. The summed E-state index contributed by atoms with van der Waals surface area (Å²) < 4.78 is 25.6. The molecule has 116 valence electrons. The molecule has 0 heterocycles. The van der Waals surface area contributed by atoms with Crippen LogP contribution in [0.15, 0.2) is 60.3 Å². The van der Waals surface area contributed by atoms with E-state index in [1.54, 1.807) is 18.2 Å². The van der Waals surface area contributed by atoms with Gasteiger partial charge in [-0.1, -0.05) is 12.1 Å². The van der Waals surface area contributed by atoms with Crippen LogP contribution in [0.4, 0.5) is 14.5 Å². The van der Waals surface area contributed by atoms with E-state index in [1.165, 1.54) is 42.6 Å². The molecule has 23 heavy (non-hydrogen) atoms. The van der Waals surface area contributed by atoms with Gasteiger partial charge in [0.2, 0.25) is 0 Å². The number of carbonyl (C=O) groups is 1. The van der Waals surface area contributed by atoms with Crippen molar-refractivity contribution in [1.82, 2.24) is 5.32 Å². The van der Waals surface area contributed by atoms with E-state index in [0.29, 0.717) is 12.2 Å². The molecule has 0 spiro atoms. The smallest absolute Gasteiger partial charge is 0.267 e. The molecule has 2 aromatic rings. The van der Waals surface area contributed by atoms with Crippen molar-refractivity contribution in [3.63, 3.8) is 0 Å². The van der Waals surface area contributed by atoms with Crippen LogP contribution in [-0.2, 0) is 11.3 Å². The summed E-state index contributed by atoms with van der Waals surface area (Å²) in [4.78, 5) is 11.9. The van der Waals surface area contributed by atoms with Gasteiger partial charge in [-0.05, 0) is 42.0 Å². The Bertz CT molecular complexity index is 747. The van der Waals surface area contributed by atoms with Gasteiger partial charge < -0.3 is 10.6 Å². The second-order valence-corrected chi connectivity index (χ2v) is 4.64. The van der Waals surface area contributed by atoms with Crippen LogP contribution in [0.5, 0.6) is 0 Å². The second-order valence-electron chi connectivity index (χ2n) is 4.64. The first-order valence-electron chi connectivity index (χ1n) is 6.73. The average Bonchev–Trinajstić information content (AvgIpc) is 2.55. The van der Waals surface area contributed by atoms with Crippen LogP contribution in [0.3, 0.4) is 0 Å². The third-order valence-corrected chi connectivity index (χ3v) is 2.93. The minimum absolute atomic E-state index is 0.128. The van der Waals surface area contributed by atoms with Gasteiger partial charge in [0.05, 0.1) is 0 Å². The van der Waals surface area contributed by atoms with Gasteiger partial charge in [0.15, 0.2) is 0 Å². The molecule has 4 nitrogen and oxygen atoms in total. The Kier molecular flexibility index (Phi) is 5.42. The van der Waals surface area contributed by atoms with Crippen molar-refractivity contribution in [2.45, 2.75) is 6.54 Å². The lowest BCUT2D eigenvalue weighted by molar-refractivity contribution is -0.112. The van der Waals surface area contributed by atoms with Crippen LogP contribution in [0.1, 0.15) is 5.56 Å². The minimum atomic E-state index is -0.606. The SMILES string of the molecule is N#C/C(=C/NCc1ccc(F)cc1)C(=O)Nc1ccc(F)cc1. The molecule has 2 aromatic carbocycles.